The van der Waals surface area contributed by atoms with Crippen LogP contribution < -0.4 is 11.1 Å². The molecule has 1 aromatic carbocycles. The van der Waals surface area contributed by atoms with Gasteiger partial charge in [0, 0.05) is 63.2 Å². The molecule has 1 aliphatic rings. The number of thiazole rings is 1. The van der Waals surface area contributed by atoms with E-state index in [4.69, 9.17) is 5.73 Å². The van der Waals surface area contributed by atoms with Crippen molar-refractivity contribution in [2.75, 3.05) is 18.8 Å². The highest BCUT2D eigenvalue weighted by Gasteiger charge is 2.22. The van der Waals surface area contributed by atoms with Crippen LogP contribution >= 0.6 is 11.3 Å². The van der Waals surface area contributed by atoms with Gasteiger partial charge in [0.15, 0.2) is 0 Å². The summed E-state index contributed by atoms with van der Waals surface area (Å²) in [4.78, 5) is 13.4. The number of halogens is 1. The van der Waals surface area contributed by atoms with Crippen molar-refractivity contribution in [2.24, 2.45) is 0 Å². The van der Waals surface area contributed by atoms with Gasteiger partial charge >= 0.3 is 0 Å². The first-order valence-corrected chi connectivity index (χ1v) is 12.1. The molecule has 0 atom stereocenters. The van der Waals surface area contributed by atoms with Crippen molar-refractivity contribution >= 4 is 27.9 Å². The van der Waals surface area contributed by atoms with Crippen LogP contribution in [0.5, 0.6) is 0 Å². The predicted octanol–water partition coefficient (Wildman–Crippen LogP) is 5.00. The number of rotatable bonds is 4. The van der Waals surface area contributed by atoms with Gasteiger partial charge in [-0.15, -0.1) is 11.3 Å². The summed E-state index contributed by atoms with van der Waals surface area (Å²) in [5.74, 6) is 0.469. The van der Waals surface area contributed by atoms with E-state index in [9.17, 15) is 4.39 Å². The Kier molecular flexibility index (Phi) is 5.27. The fourth-order valence-corrected chi connectivity index (χ4v) is 5.35. The van der Waals surface area contributed by atoms with E-state index in [0.29, 0.717) is 28.4 Å². The second-order valence-electron chi connectivity index (χ2n) is 8.43. The molecule has 0 saturated carbocycles. The molecule has 0 unspecified atom stereocenters. The maximum Gasteiger partial charge on any atom is 0.132 e. The zero-order valence-electron chi connectivity index (χ0n) is 18.3. The summed E-state index contributed by atoms with van der Waals surface area (Å²) in [5, 5.41) is 14.8. The zero-order valence-corrected chi connectivity index (χ0v) is 19.1. The second-order valence-corrected chi connectivity index (χ2v) is 9.32. The Morgan fingerprint density at radius 1 is 0.941 bits per heavy atom. The summed E-state index contributed by atoms with van der Waals surface area (Å²) in [6.07, 6.45) is 9.03. The first-order valence-electron chi connectivity index (χ1n) is 11.2. The minimum Gasteiger partial charge on any atom is -0.383 e. The van der Waals surface area contributed by atoms with Crippen molar-refractivity contribution in [1.29, 1.82) is 0 Å². The normalized spacial score (nSPS) is 14.6. The minimum absolute atomic E-state index is 0.320. The van der Waals surface area contributed by atoms with Gasteiger partial charge in [0.25, 0.3) is 0 Å². The van der Waals surface area contributed by atoms with E-state index >= 15 is 0 Å². The molecule has 0 spiro atoms. The first kappa shape index (κ1) is 20.9. The highest BCUT2D eigenvalue weighted by molar-refractivity contribution is 7.13. The van der Waals surface area contributed by atoms with E-state index in [-0.39, 0.29) is 5.82 Å². The lowest BCUT2D eigenvalue weighted by Gasteiger charge is -2.22. The minimum atomic E-state index is -0.320. The van der Waals surface area contributed by atoms with E-state index in [1.54, 1.807) is 24.7 Å². The van der Waals surface area contributed by atoms with Crippen molar-refractivity contribution in [3.05, 3.63) is 65.9 Å². The van der Waals surface area contributed by atoms with Crippen LogP contribution in [-0.4, -0.2) is 38.2 Å². The van der Waals surface area contributed by atoms with Gasteiger partial charge in [-0.1, -0.05) is 0 Å². The first-order chi connectivity index (χ1) is 16.7. The maximum atomic E-state index is 14.6. The Bertz CT molecular complexity index is 1470. The van der Waals surface area contributed by atoms with Crippen molar-refractivity contribution in [3.63, 3.8) is 0 Å². The number of benzene rings is 1. The molecule has 1 aliphatic heterocycles. The van der Waals surface area contributed by atoms with Gasteiger partial charge in [-0.2, -0.15) is 5.10 Å². The lowest BCUT2D eigenvalue weighted by atomic mass is 9.90. The number of aromatic amines is 1. The third-order valence-corrected chi connectivity index (χ3v) is 7.24. The quantitative estimate of drug-likeness (QED) is 0.341. The molecule has 1 fully saturated rings. The SMILES string of the molecule is Nc1ncc(-c2cn[nH]c2C2CCNCC2)cc1-c1cc2c(-c3nccs3)ccc(F)c2cn1. The molecule has 9 heteroatoms. The van der Waals surface area contributed by atoms with Crippen LogP contribution in [0.4, 0.5) is 10.2 Å². The van der Waals surface area contributed by atoms with Gasteiger partial charge in [0.05, 0.1) is 11.9 Å². The average Bonchev–Trinajstić information content (AvgIpc) is 3.58. The Balaban J connectivity index is 1.46. The number of H-pyrrole nitrogens is 1. The average molecular weight is 472 g/mol. The number of aromatic nitrogens is 5. The summed E-state index contributed by atoms with van der Waals surface area (Å²) in [5.41, 5.74) is 11.6. The molecule has 5 heterocycles. The number of nitrogen functional groups attached to an aromatic ring is 1. The molecule has 6 rings (SSSR count). The maximum absolute atomic E-state index is 14.6. The summed E-state index contributed by atoms with van der Waals surface area (Å²) in [7, 11) is 0. The molecular formula is C25H22FN7S. The van der Waals surface area contributed by atoms with Crippen LogP contribution in [0.15, 0.2) is 54.4 Å². The predicted molar refractivity (Wildman–Crippen MR) is 133 cm³/mol. The molecule has 7 nitrogen and oxygen atoms in total. The van der Waals surface area contributed by atoms with Crippen LogP contribution in [0.3, 0.4) is 0 Å². The molecule has 34 heavy (non-hydrogen) atoms. The Morgan fingerprint density at radius 2 is 1.82 bits per heavy atom. The van der Waals surface area contributed by atoms with Gasteiger partial charge in [0.1, 0.15) is 16.6 Å². The summed E-state index contributed by atoms with van der Waals surface area (Å²) in [6, 6.07) is 7.08. The zero-order chi connectivity index (χ0) is 23.1. The van der Waals surface area contributed by atoms with Gasteiger partial charge < -0.3 is 11.1 Å². The van der Waals surface area contributed by atoms with Crippen LogP contribution in [0.2, 0.25) is 0 Å². The number of nitrogens with one attached hydrogen (secondary N) is 2. The fraction of sp³-hybridized carbons (Fsp3) is 0.200. The molecule has 0 amide bonds. The third-order valence-electron chi connectivity index (χ3n) is 6.43. The van der Waals surface area contributed by atoms with E-state index in [2.05, 4.69) is 30.5 Å². The van der Waals surface area contributed by atoms with Crippen molar-refractivity contribution in [3.8, 4) is 33.0 Å². The topological polar surface area (TPSA) is 105 Å². The van der Waals surface area contributed by atoms with E-state index in [0.717, 1.165) is 58.7 Å². The van der Waals surface area contributed by atoms with Crippen molar-refractivity contribution < 1.29 is 4.39 Å². The van der Waals surface area contributed by atoms with Gasteiger partial charge in [-0.05, 0) is 55.6 Å². The van der Waals surface area contributed by atoms with Gasteiger partial charge in [-0.25, -0.2) is 14.4 Å². The third kappa shape index (κ3) is 3.63. The van der Waals surface area contributed by atoms with E-state index < -0.39 is 0 Å². The Hall–Kier alpha value is -3.69. The molecule has 4 N–H and O–H groups in total. The van der Waals surface area contributed by atoms with E-state index in [1.165, 1.54) is 17.4 Å². The smallest absolute Gasteiger partial charge is 0.132 e. The highest BCUT2D eigenvalue weighted by atomic mass is 32.1. The number of nitrogens with two attached hydrogens (primary N) is 1. The molecule has 4 aromatic heterocycles. The fourth-order valence-electron chi connectivity index (χ4n) is 4.67. The number of fused-ring (bicyclic) bond motifs is 1. The van der Waals surface area contributed by atoms with E-state index in [1.807, 2.05) is 23.7 Å². The van der Waals surface area contributed by atoms with Crippen LogP contribution in [-0.2, 0) is 0 Å². The molecule has 5 aromatic rings. The number of piperidine rings is 1. The molecule has 0 bridgehead atoms. The summed E-state index contributed by atoms with van der Waals surface area (Å²) in [6.45, 7) is 1.99. The van der Waals surface area contributed by atoms with Crippen LogP contribution in [0.25, 0.3) is 43.7 Å². The Morgan fingerprint density at radius 3 is 2.65 bits per heavy atom. The number of anilines is 1. The molecular weight excluding hydrogens is 449 g/mol. The monoisotopic (exact) mass is 471 g/mol. The van der Waals surface area contributed by atoms with Gasteiger partial charge in [0.2, 0.25) is 0 Å². The molecule has 0 aliphatic carbocycles. The lowest BCUT2D eigenvalue weighted by molar-refractivity contribution is 0.453. The van der Waals surface area contributed by atoms with Crippen molar-refractivity contribution in [2.45, 2.75) is 18.8 Å². The number of hydrogen-bond acceptors (Lipinski definition) is 7. The van der Waals surface area contributed by atoms with Crippen LogP contribution in [0, 0.1) is 5.82 Å². The highest BCUT2D eigenvalue weighted by Crippen LogP contribution is 2.37. The number of nitrogens with zero attached hydrogens (tertiary/aromatic N) is 4. The second kappa shape index (κ2) is 8.58. The Labute approximate surface area is 199 Å². The largest absolute Gasteiger partial charge is 0.383 e. The lowest BCUT2D eigenvalue weighted by Crippen LogP contribution is -2.27. The molecule has 1 saturated heterocycles. The van der Waals surface area contributed by atoms with Gasteiger partial charge in [-0.3, -0.25) is 10.1 Å². The summed E-state index contributed by atoms with van der Waals surface area (Å²) < 4.78 is 14.6. The molecule has 0 radical (unpaired) electrons. The number of pyridine rings is 2. The summed E-state index contributed by atoms with van der Waals surface area (Å²) >= 11 is 1.51. The number of hydrogen-bond donors (Lipinski definition) is 3. The standard InChI is InChI=1S/C25H22FN7S/c26-21-2-1-16(25-29-7-8-34-25)17-10-22(30-12-20(17)21)18-9-15(11-31-24(18)27)19-13-32-33-23(19)14-3-5-28-6-4-14/h1-2,7-14,28H,3-6H2,(H2,27,31)(H,32,33). The van der Waals surface area contributed by atoms with Crippen molar-refractivity contribution in [1.82, 2.24) is 30.5 Å². The molecule has 170 valence electrons. The van der Waals surface area contributed by atoms with Crippen LogP contribution in [0.1, 0.15) is 24.5 Å².